The number of fused-ring (bicyclic) bond motifs is 1. The van der Waals surface area contributed by atoms with Crippen molar-refractivity contribution in [3.63, 3.8) is 0 Å². The topological polar surface area (TPSA) is 84.9 Å². The summed E-state index contributed by atoms with van der Waals surface area (Å²) in [5.41, 5.74) is 1.71. The molecule has 0 unspecified atom stereocenters. The number of hydrogen-bond acceptors (Lipinski definition) is 5. The molecule has 0 atom stereocenters. The van der Waals surface area contributed by atoms with Crippen LogP contribution in [0.4, 0.5) is 5.69 Å². The summed E-state index contributed by atoms with van der Waals surface area (Å²) < 4.78 is 37.6. The van der Waals surface area contributed by atoms with Crippen LogP contribution in [-0.2, 0) is 30.7 Å². The van der Waals surface area contributed by atoms with E-state index in [1.807, 2.05) is 0 Å². The molecular weight excluding hydrogens is 344 g/mol. The van der Waals surface area contributed by atoms with E-state index in [-0.39, 0.29) is 10.8 Å². The molecule has 0 spiro atoms. The SMILES string of the molecule is COCCOCCCNS(=O)(=O)c1ccc2c(c1)CCCN2C(C)=O. The number of rotatable bonds is 9. The van der Waals surface area contributed by atoms with Gasteiger partial charge in [0.15, 0.2) is 0 Å². The molecule has 0 aliphatic carbocycles. The standard InChI is InChI=1S/C17H26N2O5S/c1-14(20)19-9-3-5-15-13-16(6-7-17(15)19)25(21,22)18-8-4-10-24-12-11-23-2/h6-7,13,18H,3-5,8-12H2,1-2H3. The van der Waals surface area contributed by atoms with Crippen LogP contribution in [0.1, 0.15) is 25.3 Å². The summed E-state index contributed by atoms with van der Waals surface area (Å²) in [6.07, 6.45) is 2.20. The minimum Gasteiger partial charge on any atom is -0.382 e. The van der Waals surface area contributed by atoms with Crippen molar-refractivity contribution < 1.29 is 22.7 Å². The van der Waals surface area contributed by atoms with Crippen LogP contribution in [0, 0.1) is 0 Å². The monoisotopic (exact) mass is 370 g/mol. The number of nitrogens with one attached hydrogen (secondary N) is 1. The average molecular weight is 370 g/mol. The lowest BCUT2D eigenvalue weighted by atomic mass is 10.0. The lowest BCUT2D eigenvalue weighted by Crippen LogP contribution is -2.33. The van der Waals surface area contributed by atoms with Gasteiger partial charge in [-0.1, -0.05) is 0 Å². The number of anilines is 1. The molecule has 2 rings (SSSR count). The summed E-state index contributed by atoms with van der Waals surface area (Å²) in [5, 5.41) is 0. The molecule has 25 heavy (non-hydrogen) atoms. The van der Waals surface area contributed by atoms with Crippen LogP contribution < -0.4 is 9.62 Å². The molecule has 1 aliphatic rings. The molecule has 1 N–H and O–H groups in total. The Morgan fingerprint density at radius 1 is 1.28 bits per heavy atom. The first kappa shape index (κ1) is 19.8. The number of nitrogens with zero attached hydrogens (tertiary/aromatic N) is 1. The lowest BCUT2D eigenvalue weighted by molar-refractivity contribution is -0.116. The first-order valence-corrected chi connectivity index (χ1v) is 9.91. The molecule has 1 aromatic carbocycles. The van der Waals surface area contributed by atoms with Gasteiger partial charge in [-0.2, -0.15) is 0 Å². The average Bonchev–Trinajstić information content (AvgIpc) is 2.59. The second-order valence-electron chi connectivity index (χ2n) is 5.92. The number of hydrogen-bond donors (Lipinski definition) is 1. The molecule has 1 heterocycles. The second-order valence-corrected chi connectivity index (χ2v) is 7.69. The molecule has 140 valence electrons. The number of ether oxygens (including phenoxy) is 2. The van der Waals surface area contributed by atoms with Crippen LogP contribution in [0.2, 0.25) is 0 Å². The van der Waals surface area contributed by atoms with E-state index in [1.165, 1.54) is 6.92 Å². The highest BCUT2D eigenvalue weighted by Crippen LogP contribution is 2.29. The van der Waals surface area contributed by atoms with Gasteiger partial charge in [-0.15, -0.1) is 0 Å². The van der Waals surface area contributed by atoms with Gasteiger partial charge in [-0.25, -0.2) is 13.1 Å². The van der Waals surface area contributed by atoms with Gasteiger partial charge in [0.1, 0.15) is 0 Å². The van der Waals surface area contributed by atoms with E-state index in [0.717, 1.165) is 24.1 Å². The van der Waals surface area contributed by atoms with Gasteiger partial charge in [-0.3, -0.25) is 4.79 Å². The Kier molecular flexibility index (Phi) is 7.37. The van der Waals surface area contributed by atoms with Crippen LogP contribution in [0.25, 0.3) is 0 Å². The lowest BCUT2D eigenvalue weighted by Gasteiger charge is -2.28. The van der Waals surface area contributed by atoms with Crippen LogP contribution in [-0.4, -0.2) is 54.3 Å². The minimum atomic E-state index is -3.56. The Morgan fingerprint density at radius 3 is 2.80 bits per heavy atom. The predicted molar refractivity (Wildman–Crippen MR) is 95.3 cm³/mol. The summed E-state index contributed by atoms with van der Waals surface area (Å²) in [5.74, 6) is -0.0249. The van der Waals surface area contributed by atoms with E-state index >= 15 is 0 Å². The first-order chi connectivity index (χ1) is 12.0. The molecule has 0 bridgehead atoms. The quantitative estimate of drug-likeness (QED) is 0.663. The Labute approximate surface area is 149 Å². The maximum atomic E-state index is 12.4. The van der Waals surface area contributed by atoms with Crippen molar-refractivity contribution in [3.05, 3.63) is 23.8 Å². The number of amides is 1. The van der Waals surface area contributed by atoms with Gasteiger partial charge in [0.25, 0.3) is 0 Å². The van der Waals surface area contributed by atoms with Gasteiger partial charge in [-0.05, 0) is 43.0 Å². The Bertz CT molecular complexity index is 690. The summed E-state index contributed by atoms with van der Waals surface area (Å²) >= 11 is 0. The van der Waals surface area contributed by atoms with E-state index in [2.05, 4.69) is 4.72 Å². The van der Waals surface area contributed by atoms with E-state index < -0.39 is 10.0 Å². The maximum absolute atomic E-state index is 12.4. The highest BCUT2D eigenvalue weighted by Gasteiger charge is 2.22. The Hall–Kier alpha value is -1.48. The number of methoxy groups -OCH3 is 1. The van der Waals surface area contributed by atoms with Crippen LogP contribution in [0.15, 0.2) is 23.1 Å². The number of aryl methyl sites for hydroxylation is 1. The third-order valence-corrected chi connectivity index (χ3v) is 5.51. The molecule has 1 aromatic rings. The smallest absolute Gasteiger partial charge is 0.240 e. The van der Waals surface area contributed by atoms with E-state index in [1.54, 1.807) is 30.2 Å². The molecule has 0 saturated heterocycles. The fraction of sp³-hybridized carbons (Fsp3) is 0.588. The number of carbonyl (C=O) groups excluding carboxylic acids is 1. The molecule has 7 nitrogen and oxygen atoms in total. The highest BCUT2D eigenvalue weighted by molar-refractivity contribution is 7.89. The molecule has 8 heteroatoms. The zero-order valence-electron chi connectivity index (χ0n) is 14.8. The summed E-state index contributed by atoms with van der Waals surface area (Å²) in [4.78, 5) is 13.6. The van der Waals surface area contributed by atoms with Crippen LogP contribution in [0.5, 0.6) is 0 Å². The fourth-order valence-electron chi connectivity index (χ4n) is 2.78. The zero-order valence-corrected chi connectivity index (χ0v) is 15.6. The first-order valence-electron chi connectivity index (χ1n) is 8.43. The van der Waals surface area contributed by atoms with E-state index in [9.17, 15) is 13.2 Å². The van der Waals surface area contributed by atoms with Gasteiger partial charge in [0, 0.05) is 39.4 Å². The molecule has 0 saturated carbocycles. The van der Waals surface area contributed by atoms with E-state index in [0.29, 0.717) is 39.3 Å². The highest BCUT2D eigenvalue weighted by atomic mass is 32.2. The molecule has 0 aromatic heterocycles. The summed E-state index contributed by atoms with van der Waals surface area (Å²) in [7, 11) is -1.96. The Morgan fingerprint density at radius 2 is 2.08 bits per heavy atom. The van der Waals surface area contributed by atoms with Crippen molar-refractivity contribution >= 4 is 21.6 Å². The van der Waals surface area contributed by atoms with Gasteiger partial charge in [0.05, 0.1) is 18.1 Å². The van der Waals surface area contributed by atoms with Gasteiger partial charge < -0.3 is 14.4 Å². The number of benzene rings is 1. The Balaban J connectivity index is 1.95. The maximum Gasteiger partial charge on any atom is 0.240 e. The molecule has 1 aliphatic heterocycles. The minimum absolute atomic E-state index is 0.0249. The summed E-state index contributed by atoms with van der Waals surface area (Å²) in [6.45, 7) is 4.01. The largest absolute Gasteiger partial charge is 0.382 e. The van der Waals surface area contributed by atoms with Crippen molar-refractivity contribution in [2.45, 2.75) is 31.1 Å². The fourth-order valence-corrected chi connectivity index (χ4v) is 3.90. The third kappa shape index (κ3) is 5.50. The van der Waals surface area contributed by atoms with Gasteiger partial charge in [0.2, 0.25) is 15.9 Å². The van der Waals surface area contributed by atoms with Crippen molar-refractivity contribution in [1.82, 2.24) is 4.72 Å². The third-order valence-electron chi connectivity index (χ3n) is 4.05. The van der Waals surface area contributed by atoms with E-state index in [4.69, 9.17) is 9.47 Å². The molecular formula is C17H26N2O5S. The predicted octanol–water partition coefficient (Wildman–Crippen LogP) is 1.32. The molecule has 1 amide bonds. The van der Waals surface area contributed by atoms with Gasteiger partial charge >= 0.3 is 0 Å². The zero-order chi connectivity index (χ0) is 18.3. The summed E-state index contributed by atoms with van der Waals surface area (Å²) in [6, 6.07) is 4.94. The van der Waals surface area contributed by atoms with Crippen LogP contribution >= 0.6 is 0 Å². The number of sulfonamides is 1. The normalized spacial score (nSPS) is 14.4. The molecule has 0 fully saturated rings. The molecule has 0 radical (unpaired) electrons. The van der Waals surface area contributed by atoms with Crippen molar-refractivity contribution in [3.8, 4) is 0 Å². The number of carbonyl (C=O) groups is 1. The van der Waals surface area contributed by atoms with Crippen molar-refractivity contribution in [1.29, 1.82) is 0 Å². The van der Waals surface area contributed by atoms with Crippen molar-refractivity contribution in [2.75, 3.05) is 44.9 Å². The second kappa shape index (κ2) is 9.28. The van der Waals surface area contributed by atoms with Crippen LogP contribution in [0.3, 0.4) is 0 Å². The van der Waals surface area contributed by atoms with Crippen molar-refractivity contribution in [2.24, 2.45) is 0 Å².